The number of aliphatic hydroxyl groups is 1. The molecule has 0 radical (unpaired) electrons. The van der Waals surface area contributed by atoms with Gasteiger partial charge in [-0.15, -0.1) is 13.2 Å². The smallest absolute Gasteiger partial charge is 0.406 e. The second kappa shape index (κ2) is 11.1. The molecule has 0 spiro atoms. The molecule has 0 aromatic heterocycles. The maximum Gasteiger partial charge on any atom is 0.573 e. The van der Waals surface area contributed by atoms with E-state index in [4.69, 9.17) is 4.74 Å². The van der Waals surface area contributed by atoms with Gasteiger partial charge in [0.1, 0.15) is 5.75 Å². The van der Waals surface area contributed by atoms with Crippen LogP contribution in [0.15, 0.2) is 72.8 Å². The molecule has 0 amide bonds. The Morgan fingerprint density at radius 3 is 2.49 bits per heavy atom. The molecule has 0 saturated carbocycles. The van der Waals surface area contributed by atoms with Gasteiger partial charge in [0, 0.05) is 36.4 Å². The second-order valence-electron chi connectivity index (χ2n) is 10.6. The first-order valence-corrected chi connectivity index (χ1v) is 13.3. The normalized spacial score (nSPS) is 22.0. The van der Waals surface area contributed by atoms with E-state index in [1.165, 1.54) is 23.1 Å². The SMILES string of the molecule is CC1CN(c2cccc(C3(Cc4cccc(OC(F)(F)F)c4)CN(CC(O)C(F)(F)F)c4ccccc43)c2)CCO1. The summed E-state index contributed by atoms with van der Waals surface area (Å²) < 4.78 is 89.0. The predicted octanol–water partition coefficient (Wildman–Crippen LogP) is 6.08. The van der Waals surface area contributed by atoms with E-state index < -0.39 is 30.6 Å². The summed E-state index contributed by atoms with van der Waals surface area (Å²) in [6.07, 6.45) is -12.1. The molecule has 3 aromatic rings. The van der Waals surface area contributed by atoms with Gasteiger partial charge in [0.25, 0.3) is 0 Å². The number of hydrogen-bond acceptors (Lipinski definition) is 5. The Balaban J connectivity index is 1.60. The van der Waals surface area contributed by atoms with Crippen LogP contribution in [0.1, 0.15) is 23.6 Å². The van der Waals surface area contributed by atoms with E-state index in [0.29, 0.717) is 30.9 Å². The minimum atomic E-state index is -4.87. The van der Waals surface area contributed by atoms with Gasteiger partial charge >= 0.3 is 12.5 Å². The average Bonchev–Trinajstić information content (AvgIpc) is 3.21. The van der Waals surface area contributed by atoms with E-state index in [-0.39, 0.29) is 24.8 Å². The first-order valence-electron chi connectivity index (χ1n) is 13.3. The Bertz CT molecular complexity index is 1360. The van der Waals surface area contributed by atoms with Gasteiger partial charge in [0.15, 0.2) is 6.10 Å². The summed E-state index contributed by atoms with van der Waals surface area (Å²) in [4.78, 5) is 3.68. The number of benzene rings is 3. The molecule has 2 heterocycles. The number of aliphatic hydroxyl groups excluding tert-OH is 1. The van der Waals surface area contributed by atoms with E-state index >= 15 is 0 Å². The van der Waals surface area contributed by atoms with Crippen molar-refractivity contribution in [2.75, 3.05) is 42.6 Å². The zero-order valence-electron chi connectivity index (χ0n) is 22.3. The number of β-amino-alcohol motifs (C(OH)–C–C–N with tert-alkyl or cyclic N) is 1. The predicted molar refractivity (Wildman–Crippen MR) is 142 cm³/mol. The molecule has 11 heteroatoms. The molecule has 3 atom stereocenters. The summed E-state index contributed by atoms with van der Waals surface area (Å²) in [5, 5.41) is 9.98. The molecule has 2 aliphatic heterocycles. The molecule has 41 heavy (non-hydrogen) atoms. The van der Waals surface area contributed by atoms with E-state index in [1.807, 2.05) is 37.3 Å². The Labute approximate surface area is 233 Å². The quantitative estimate of drug-likeness (QED) is 0.343. The van der Waals surface area contributed by atoms with Crippen LogP contribution < -0.4 is 14.5 Å². The fourth-order valence-electron chi connectivity index (χ4n) is 5.88. The minimum absolute atomic E-state index is 0.0179. The summed E-state index contributed by atoms with van der Waals surface area (Å²) in [7, 11) is 0. The molecule has 1 fully saturated rings. The van der Waals surface area contributed by atoms with Crippen LogP contribution >= 0.6 is 0 Å². The number of alkyl halides is 6. The number of para-hydroxylation sites is 1. The average molecular weight is 581 g/mol. The van der Waals surface area contributed by atoms with Crippen molar-refractivity contribution < 1.29 is 40.9 Å². The van der Waals surface area contributed by atoms with Crippen LogP contribution in [-0.4, -0.2) is 62.6 Å². The molecule has 5 nitrogen and oxygen atoms in total. The van der Waals surface area contributed by atoms with Crippen LogP contribution in [0.5, 0.6) is 5.75 Å². The van der Waals surface area contributed by atoms with E-state index in [9.17, 15) is 31.4 Å². The molecule has 3 aromatic carbocycles. The Hall–Kier alpha value is -3.44. The summed E-state index contributed by atoms with van der Waals surface area (Å²) in [6, 6.07) is 20.4. The van der Waals surface area contributed by atoms with Crippen LogP contribution in [0.2, 0.25) is 0 Å². The zero-order valence-corrected chi connectivity index (χ0v) is 22.3. The Kier molecular flexibility index (Phi) is 7.86. The summed E-state index contributed by atoms with van der Waals surface area (Å²) in [6.45, 7) is 3.25. The molecule has 1 N–H and O–H groups in total. The summed E-state index contributed by atoms with van der Waals surface area (Å²) in [5.41, 5.74) is 2.55. The summed E-state index contributed by atoms with van der Waals surface area (Å²) in [5.74, 6) is -0.378. The maximum atomic E-state index is 13.4. The largest absolute Gasteiger partial charge is 0.573 e. The standard InChI is InChI=1S/C30H30F6N2O3/c1-20-17-37(12-13-40-20)23-8-5-7-22(15-23)28(16-21-6-4-9-24(14-21)41-30(34,35)36)19-38(18-27(39)29(31,32)33)26-11-3-2-10-25(26)28/h2-11,14-15,20,27,39H,12-13,16-19H2,1H3. The lowest BCUT2D eigenvalue weighted by atomic mass is 9.71. The van der Waals surface area contributed by atoms with E-state index in [2.05, 4.69) is 9.64 Å². The Morgan fingerprint density at radius 1 is 1.00 bits per heavy atom. The number of nitrogens with zero attached hydrogens (tertiary/aromatic N) is 2. The number of ether oxygens (including phenoxy) is 2. The highest BCUT2D eigenvalue weighted by Crippen LogP contribution is 2.48. The fourth-order valence-corrected chi connectivity index (χ4v) is 5.88. The molecule has 0 bridgehead atoms. The molecule has 3 unspecified atom stereocenters. The van der Waals surface area contributed by atoms with Crippen molar-refractivity contribution in [2.24, 2.45) is 0 Å². The highest BCUT2D eigenvalue weighted by atomic mass is 19.4. The molecular weight excluding hydrogens is 550 g/mol. The molecule has 1 saturated heterocycles. The van der Waals surface area contributed by atoms with Gasteiger partial charge in [-0.2, -0.15) is 13.2 Å². The van der Waals surface area contributed by atoms with Gasteiger partial charge in [0.05, 0.1) is 19.3 Å². The van der Waals surface area contributed by atoms with Gasteiger partial charge in [-0.05, 0) is 60.4 Å². The third kappa shape index (κ3) is 6.41. The molecule has 220 valence electrons. The molecule has 2 aliphatic rings. The monoisotopic (exact) mass is 580 g/mol. The van der Waals surface area contributed by atoms with Crippen LogP contribution in [0.4, 0.5) is 37.7 Å². The van der Waals surface area contributed by atoms with Crippen molar-refractivity contribution in [3.63, 3.8) is 0 Å². The number of halogens is 6. The lowest BCUT2D eigenvalue weighted by Gasteiger charge is -2.36. The second-order valence-corrected chi connectivity index (χ2v) is 10.6. The van der Waals surface area contributed by atoms with Gasteiger partial charge in [0.2, 0.25) is 0 Å². The lowest BCUT2D eigenvalue weighted by Crippen LogP contribution is -2.44. The molecule has 0 aliphatic carbocycles. The topological polar surface area (TPSA) is 45.2 Å². The minimum Gasteiger partial charge on any atom is -0.406 e. The maximum absolute atomic E-state index is 13.4. The van der Waals surface area contributed by atoms with E-state index in [0.717, 1.165) is 16.8 Å². The van der Waals surface area contributed by atoms with Crippen molar-refractivity contribution in [2.45, 2.75) is 43.5 Å². The number of hydrogen-bond donors (Lipinski definition) is 1. The first-order chi connectivity index (χ1) is 19.3. The van der Waals surface area contributed by atoms with Crippen LogP contribution in [-0.2, 0) is 16.6 Å². The molecule has 5 rings (SSSR count). The number of rotatable bonds is 7. The third-order valence-electron chi connectivity index (χ3n) is 7.64. The number of fused-ring (bicyclic) bond motifs is 1. The number of anilines is 2. The van der Waals surface area contributed by atoms with Crippen molar-refractivity contribution in [3.8, 4) is 5.75 Å². The Morgan fingerprint density at radius 2 is 1.76 bits per heavy atom. The zero-order chi connectivity index (χ0) is 29.4. The fraction of sp³-hybridized carbons (Fsp3) is 0.400. The van der Waals surface area contributed by atoms with Crippen LogP contribution in [0, 0.1) is 0 Å². The highest BCUT2D eigenvalue weighted by molar-refractivity contribution is 5.68. The van der Waals surface area contributed by atoms with Crippen molar-refractivity contribution in [1.82, 2.24) is 0 Å². The van der Waals surface area contributed by atoms with Crippen molar-refractivity contribution in [1.29, 1.82) is 0 Å². The molecular formula is C30H30F6N2O3. The third-order valence-corrected chi connectivity index (χ3v) is 7.64. The summed E-state index contributed by atoms with van der Waals surface area (Å²) >= 11 is 0. The van der Waals surface area contributed by atoms with Crippen molar-refractivity contribution >= 4 is 11.4 Å². The van der Waals surface area contributed by atoms with Gasteiger partial charge in [-0.25, -0.2) is 0 Å². The van der Waals surface area contributed by atoms with Gasteiger partial charge in [-0.3, -0.25) is 0 Å². The lowest BCUT2D eigenvalue weighted by molar-refractivity contribution is -0.274. The van der Waals surface area contributed by atoms with Crippen LogP contribution in [0.3, 0.4) is 0 Å². The first kappa shape index (κ1) is 29.1. The number of morpholine rings is 1. The van der Waals surface area contributed by atoms with E-state index in [1.54, 1.807) is 24.3 Å². The van der Waals surface area contributed by atoms with Gasteiger partial charge in [-0.1, -0.05) is 42.5 Å². The highest BCUT2D eigenvalue weighted by Gasteiger charge is 2.47. The van der Waals surface area contributed by atoms with Crippen LogP contribution in [0.25, 0.3) is 0 Å². The van der Waals surface area contributed by atoms with Crippen molar-refractivity contribution in [3.05, 3.63) is 89.5 Å². The van der Waals surface area contributed by atoms with Gasteiger partial charge < -0.3 is 24.4 Å².